The van der Waals surface area contributed by atoms with E-state index < -0.39 is 102 Å². The molecule has 0 fully saturated rings. The zero-order valence-corrected chi connectivity index (χ0v) is 37.4. The molecule has 0 aliphatic carbocycles. The van der Waals surface area contributed by atoms with Gasteiger partial charge in [0.1, 0.15) is 36.3 Å². The van der Waals surface area contributed by atoms with Gasteiger partial charge in [0, 0.05) is 54.0 Å². The Bertz CT molecular complexity index is 2300. The van der Waals surface area contributed by atoms with Crippen LogP contribution in [-0.4, -0.2) is 104 Å². The molecule has 0 unspecified atom stereocenters. The first kappa shape index (κ1) is 49.9. The smallest absolute Gasteiger partial charge is 0.326 e. The van der Waals surface area contributed by atoms with Crippen LogP contribution in [0.2, 0.25) is 0 Å². The summed E-state index contributed by atoms with van der Waals surface area (Å²) in [6.45, 7) is 11.8. The van der Waals surface area contributed by atoms with Crippen LogP contribution < -0.4 is 31.9 Å². The molecule has 0 spiro atoms. The summed E-state index contributed by atoms with van der Waals surface area (Å²) in [5.74, 6) is -8.49. The maximum absolute atomic E-state index is 14.1. The molecule has 18 nitrogen and oxygen atoms in total. The van der Waals surface area contributed by atoms with E-state index in [1.165, 1.54) is 6.92 Å². The Balaban J connectivity index is 1.51. The number of para-hydroxylation sites is 2. The monoisotopic (exact) mass is 886 g/mol. The van der Waals surface area contributed by atoms with Crippen molar-refractivity contribution in [2.24, 2.45) is 17.8 Å². The molecule has 0 saturated carbocycles. The van der Waals surface area contributed by atoms with Gasteiger partial charge in [0.15, 0.2) is 0 Å². The van der Waals surface area contributed by atoms with Crippen molar-refractivity contribution in [3.63, 3.8) is 0 Å². The van der Waals surface area contributed by atoms with Crippen molar-refractivity contribution in [2.45, 2.75) is 123 Å². The second kappa shape index (κ2) is 23.1. The molecule has 346 valence electrons. The Morgan fingerprint density at radius 2 is 0.969 bits per heavy atom. The van der Waals surface area contributed by atoms with E-state index in [4.69, 9.17) is 0 Å². The van der Waals surface area contributed by atoms with Crippen molar-refractivity contribution >= 4 is 69.2 Å². The van der Waals surface area contributed by atoms with Gasteiger partial charge in [0.25, 0.3) is 0 Å². The highest BCUT2D eigenvalue weighted by Gasteiger charge is 2.37. The lowest BCUT2D eigenvalue weighted by molar-refractivity contribution is -0.142. The number of rotatable bonds is 24. The molecule has 10 N–H and O–H groups in total. The lowest BCUT2D eigenvalue weighted by Crippen LogP contribution is -2.61. The summed E-state index contributed by atoms with van der Waals surface area (Å²) < 4.78 is 0. The zero-order chi connectivity index (χ0) is 47.2. The highest BCUT2D eigenvalue weighted by atomic mass is 16.4. The van der Waals surface area contributed by atoms with Crippen LogP contribution in [0.5, 0.6) is 0 Å². The molecule has 6 amide bonds. The molecular weight excluding hydrogens is 825 g/mol. The Labute approximate surface area is 371 Å². The summed E-state index contributed by atoms with van der Waals surface area (Å²) in [7, 11) is 0. The van der Waals surface area contributed by atoms with Gasteiger partial charge < -0.3 is 52.1 Å². The molecule has 8 atom stereocenters. The maximum Gasteiger partial charge on any atom is 0.326 e. The van der Waals surface area contributed by atoms with Crippen LogP contribution in [0, 0.1) is 17.8 Å². The fourth-order valence-electron chi connectivity index (χ4n) is 7.49. The topological polar surface area (TPSA) is 281 Å². The zero-order valence-electron chi connectivity index (χ0n) is 37.4. The van der Waals surface area contributed by atoms with Gasteiger partial charge in [-0.2, -0.15) is 0 Å². The van der Waals surface area contributed by atoms with E-state index in [0.717, 1.165) is 27.4 Å². The predicted molar refractivity (Wildman–Crippen MR) is 240 cm³/mol. The molecule has 2 aromatic heterocycles. The van der Waals surface area contributed by atoms with E-state index in [1.54, 1.807) is 53.9 Å². The van der Waals surface area contributed by atoms with E-state index in [2.05, 4.69) is 41.9 Å². The number of nitrogens with one attached hydrogen (secondary N) is 8. The number of aliphatic carboxylic acids is 2. The molecule has 2 aromatic carbocycles. The number of fused-ring (bicyclic) bond motifs is 2. The van der Waals surface area contributed by atoms with Gasteiger partial charge in [0.2, 0.25) is 35.4 Å². The lowest BCUT2D eigenvalue weighted by atomic mass is 9.94. The van der Waals surface area contributed by atoms with Crippen LogP contribution in [0.15, 0.2) is 60.9 Å². The minimum absolute atomic E-state index is 0.0445. The number of benzene rings is 2. The molecule has 18 heteroatoms. The Morgan fingerprint density at radius 3 is 1.44 bits per heavy atom. The lowest BCUT2D eigenvalue weighted by Gasteiger charge is -2.30. The van der Waals surface area contributed by atoms with Crippen molar-refractivity contribution < 1.29 is 48.6 Å². The van der Waals surface area contributed by atoms with Gasteiger partial charge in [-0.25, -0.2) is 4.79 Å². The van der Waals surface area contributed by atoms with Crippen LogP contribution in [0.25, 0.3) is 21.8 Å². The number of aromatic amines is 2. The molecule has 2 heterocycles. The number of aromatic nitrogens is 2. The van der Waals surface area contributed by atoms with Gasteiger partial charge in [-0.15, -0.1) is 0 Å². The molecule has 0 saturated heterocycles. The van der Waals surface area contributed by atoms with Crippen LogP contribution in [0.1, 0.15) is 85.3 Å². The largest absolute Gasteiger partial charge is 0.481 e. The van der Waals surface area contributed by atoms with Gasteiger partial charge >= 0.3 is 11.9 Å². The van der Waals surface area contributed by atoms with Crippen molar-refractivity contribution in [1.29, 1.82) is 0 Å². The number of amides is 6. The predicted octanol–water partition coefficient (Wildman–Crippen LogP) is 3.06. The van der Waals surface area contributed by atoms with Crippen LogP contribution >= 0.6 is 0 Å². The molecular formula is C46H62N8O10. The first-order valence-electron chi connectivity index (χ1n) is 21.7. The van der Waals surface area contributed by atoms with Gasteiger partial charge in [-0.05, 0) is 47.4 Å². The van der Waals surface area contributed by atoms with E-state index in [1.807, 2.05) is 48.5 Å². The Hall–Kier alpha value is -6.72. The number of carbonyl (C=O) groups is 8. The summed E-state index contributed by atoms with van der Waals surface area (Å²) in [5, 5.41) is 37.2. The Morgan fingerprint density at radius 1 is 0.547 bits per heavy atom. The number of H-pyrrole nitrogens is 2. The fraction of sp³-hybridized carbons (Fsp3) is 0.478. The molecule has 64 heavy (non-hydrogen) atoms. The summed E-state index contributed by atoms with van der Waals surface area (Å²) in [5.41, 5.74) is 3.04. The standard InChI is InChI=1S/C46H62N8O10/c1-8-25(5)39(44(61)52-37(46(63)64)20-29-23-48-33-17-13-11-15-31(29)33)54-45(62)40(26(6)9-2)53-43(60)36(21-38(56)57)51-41(58)34(18-24(3)4)50-42(59)35(49-27(7)55)19-28-22-47-32-16-12-10-14-30(28)32/h10-17,22-26,34-37,39-40,47-48H,8-9,18-21H2,1-7H3,(H,49,55)(H,50,59)(H,51,58)(H,52,61)(H,53,60)(H,54,62)(H,56,57)(H,63,64)/t25-,26-,34-,35+,36-,37-,39-,40-/m0/s1. The first-order chi connectivity index (χ1) is 30.3. The second-order valence-electron chi connectivity index (χ2n) is 16.9. The fourth-order valence-corrected chi connectivity index (χ4v) is 7.49. The number of carboxylic acids is 2. The number of carboxylic acid groups (broad SMARTS) is 2. The molecule has 0 radical (unpaired) electrons. The molecule has 0 bridgehead atoms. The van der Waals surface area contributed by atoms with E-state index in [-0.39, 0.29) is 25.2 Å². The van der Waals surface area contributed by atoms with Crippen molar-refractivity contribution in [1.82, 2.24) is 41.9 Å². The van der Waals surface area contributed by atoms with Gasteiger partial charge in [-0.3, -0.25) is 33.6 Å². The minimum Gasteiger partial charge on any atom is -0.481 e. The maximum atomic E-state index is 14.1. The summed E-state index contributed by atoms with van der Waals surface area (Å²) in [4.78, 5) is 112. The third-order valence-electron chi connectivity index (χ3n) is 11.4. The van der Waals surface area contributed by atoms with Crippen molar-refractivity contribution in [3.05, 3.63) is 72.1 Å². The van der Waals surface area contributed by atoms with Crippen LogP contribution in [-0.2, 0) is 51.2 Å². The van der Waals surface area contributed by atoms with Crippen LogP contribution in [0.4, 0.5) is 0 Å². The summed E-state index contributed by atoms with van der Waals surface area (Å²) in [6, 6.07) is 6.81. The molecule has 4 rings (SSSR count). The Kier molecular flexibility index (Phi) is 18.0. The first-order valence-corrected chi connectivity index (χ1v) is 21.7. The van der Waals surface area contributed by atoms with E-state index in [0.29, 0.717) is 18.4 Å². The molecule has 0 aliphatic rings. The quantitative estimate of drug-likeness (QED) is 0.0491. The van der Waals surface area contributed by atoms with E-state index >= 15 is 0 Å². The van der Waals surface area contributed by atoms with Crippen molar-refractivity contribution in [2.75, 3.05) is 0 Å². The SMILES string of the molecule is CC[C@H](C)[C@H](NC(=O)[C@H](CC(=O)O)NC(=O)[C@H](CC(C)C)NC(=O)[C@@H](Cc1c[nH]c2ccccc12)NC(C)=O)C(=O)N[C@H](C(=O)N[C@@H](Cc1c[nH]c2ccccc12)C(=O)O)[C@@H](C)CC. The molecule has 4 aromatic rings. The molecule has 0 aliphatic heterocycles. The summed E-state index contributed by atoms with van der Waals surface area (Å²) >= 11 is 0. The van der Waals surface area contributed by atoms with E-state index in [9.17, 15) is 48.6 Å². The number of hydrogen-bond acceptors (Lipinski definition) is 8. The highest BCUT2D eigenvalue weighted by Crippen LogP contribution is 2.21. The minimum atomic E-state index is -1.71. The number of hydrogen-bond donors (Lipinski definition) is 10. The van der Waals surface area contributed by atoms with Crippen LogP contribution in [0.3, 0.4) is 0 Å². The summed E-state index contributed by atoms with van der Waals surface area (Å²) in [6.07, 6.45) is 3.42. The average Bonchev–Trinajstić information content (AvgIpc) is 3.86. The third kappa shape index (κ3) is 13.6. The second-order valence-corrected chi connectivity index (χ2v) is 16.9. The third-order valence-corrected chi connectivity index (χ3v) is 11.4. The van der Waals surface area contributed by atoms with Gasteiger partial charge in [-0.1, -0.05) is 90.8 Å². The van der Waals surface area contributed by atoms with Gasteiger partial charge in [0.05, 0.1) is 6.42 Å². The van der Waals surface area contributed by atoms with Crippen molar-refractivity contribution in [3.8, 4) is 0 Å². The highest BCUT2D eigenvalue weighted by molar-refractivity contribution is 5.98. The average molecular weight is 887 g/mol. The number of carbonyl (C=O) groups excluding carboxylic acids is 6. The normalized spacial score (nSPS) is 15.1.